The molecule has 0 aromatic carbocycles. The Morgan fingerprint density at radius 2 is 2.71 bits per heavy atom. The van der Waals surface area contributed by atoms with Crippen molar-refractivity contribution in [1.82, 2.24) is 0 Å². The molecule has 1 rings (SSSR count). The van der Waals surface area contributed by atoms with Crippen LogP contribution in [0.4, 0.5) is 0 Å². The number of alkyl halides is 1. The van der Waals surface area contributed by atoms with Gasteiger partial charge in [-0.15, -0.1) is 0 Å². The van der Waals surface area contributed by atoms with E-state index in [1.807, 2.05) is 0 Å². The third-order valence-electron chi connectivity index (χ3n) is 0.752. The Morgan fingerprint density at radius 1 is 2.00 bits per heavy atom. The van der Waals surface area contributed by atoms with E-state index in [4.69, 9.17) is 16.3 Å². The summed E-state index contributed by atoms with van der Waals surface area (Å²) < 4.78 is 4.88. The van der Waals surface area contributed by atoms with E-state index >= 15 is 0 Å². The van der Waals surface area contributed by atoms with Crippen LogP contribution in [0.3, 0.4) is 0 Å². The van der Waals surface area contributed by atoms with Crippen LogP contribution in [0.25, 0.3) is 0 Å². The third-order valence-corrected chi connectivity index (χ3v) is 0.975. The minimum atomic E-state index is -0.139. The van der Waals surface area contributed by atoms with E-state index in [1.165, 1.54) is 0 Å². The second-order valence-corrected chi connectivity index (χ2v) is 1.90. The molecule has 1 aliphatic heterocycles. The quantitative estimate of drug-likeness (QED) is 0.344. The SMILES string of the molecule is CC1=NC(Cl)CO1. The van der Waals surface area contributed by atoms with Gasteiger partial charge in [0, 0.05) is 6.92 Å². The van der Waals surface area contributed by atoms with Crippen molar-refractivity contribution < 1.29 is 4.74 Å². The molecular weight excluding hydrogens is 114 g/mol. The van der Waals surface area contributed by atoms with Crippen LogP contribution >= 0.6 is 11.6 Å². The molecule has 2 nitrogen and oxygen atoms in total. The molecule has 0 radical (unpaired) electrons. The Balaban J connectivity index is 2.50. The Hall–Kier alpha value is -0.240. The number of hydrogen-bond acceptors (Lipinski definition) is 2. The first-order valence-corrected chi connectivity index (χ1v) is 2.54. The number of rotatable bonds is 0. The summed E-state index contributed by atoms with van der Waals surface area (Å²) in [4.78, 5) is 3.85. The van der Waals surface area contributed by atoms with Crippen molar-refractivity contribution in [3.8, 4) is 0 Å². The summed E-state index contributed by atoms with van der Waals surface area (Å²) in [5.74, 6) is 0.694. The van der Waals surface area contributed by atoms with E-state index in [-0.39, 0.29) is 5.50 Å². The van der Waals surface area contributed by atoms with E-state index < -0.39 is 0 Å². The fourth-order valence-corrected chi connectivity index (χ4v) is 0.662. The van der Waals surface area contributed by atoms with E-state index in [2.05, 4.69) is 4.99 Å². The zero-order valence-corrected chi connectivity index (χ0v) is 4.77. The highest BCUT2D eigenvalue weighted by Crippen LogP contribution is 2.06. The summed E-state index contributed by atoms with van der Waals surface area (Å²) in [5, 5.41) is 0. The molecule has 1 heterocycles. The summed E-state index contributed by atoms with van der Waals surface area (Å²) in [7, 11) is 0. The third kappa shape index (κ3) is 1.06. The molecule has 0 amide bonds. The molecule has 0 saturated carbocycles. The van der Waals surface area contributed by atoms with Crippen molar-refractivity contribution >= 4 is 17.5 Å². The molecule has 1 unspecified atom stereocenters. The number of hydrogen-bond donors (Lipinski definition) is 0. The first-order chi connectivity index (χ1) is 3.29. The topological polar surface area (TPSA) is 21.6 Å². The summed E-state index contributed by atoms with van der Waals surface area (Å²) in [6.45, 7) is 2.33. The summed E-state index contributed by atoms with van der Waals surface area (Å²) in [6.07, 6.45) is 0. The number of halogens is 1. The average Bonchev–Trinajstić information content (AvgIpc) is 1.87. The van der Waals surface area contributed by atoms with Crippen LogP contribution in [0.5, 0.6) is 0 Å². The first-order valence-electron chi connectivity index (χ1n) is 2.10. The van der Waals surface area contributed by atoms with Gasteiger partial charge in [-0.2, -0.15) is 0 Å². The Kier molecular flexibility index (Phi) is 1.19. The van der Waals surface area contributed by atoms with Crippen LogP contribution in [0.15, 0.2) is 4.99 Å². The van der Waals surface area contributed by atoms with Gasteiger partial charge in [0.1, 0.15) is 6.61 Å². The predicted molar refractivity (Wildman–Crippen MR) is 28.7 cm³/mol. The largest absolute Gasteiger partial charge is 0.478 e. The molecule has 0 spiro atoms. The number of ether oxygens (including phenoxy) is 1. The minimum absolute atomic E-state index is 0.139. The molecule has 0 bridgehead atoms. The molecule has 1 aliphatic rings. The van der Waals surface area contributed by atoms with E-state index in [0.29, 0.717) is 12.5 Å². The normalized spacial score (nSPS) is 29.4. The van der Waals surface area contributed by atoms with Crippen LogP contribution in [0.2, 0.25) is 0 Å². The van der Waals surface area contributed by atoms with Gasteiger partial charge in [0.2, 0.25) is 0 Å². The van der Waals surface area contributed by atoms with Crippen molar-refractivity contribution in [2.75, 3.05) is 6.61 Å². The van der Waals surface area contributed by atoms with Crippen molar-refractivity contribution in [1.29, 1.82) is 0 Å². The lowest BCUT2D eigenvalue weighted by Gasteiger charge is -1.88. The van der Waals surface area contributed by atoms with Gasteiger partial charge in [-0.25, -0.2) is 4.99 Å². The lowest BCUT2D eigenvalue weighted by molar-refractivity contribution is 0.336. The van der Waals surface area contributed by atoms with Crippen molar-refractivity contribution in [2.45, 2.75) is 12.4 Å². The van der Waals surface area contributed by atoms with Crippen LogP contribution in [0, 0.1) is 0 Å². The second kappa shape index (κ2) is 1.70. The monoisotopic (exact) mass is 119 g/mol. The average molecular weight is 120 g/mol. The maximum absolute atomic E-state index is 5.49. The van der Waals surface area contributed by atoms with Gasteiger partial charge in [-0.1, -0.05) is 11.6 Å². The molecule has 0 N–H and O–H groups in total. The van der Waals surface area contributed by atoms with Crippen LogP contribution in [0.1, 0.15) is 6.92 Å². The van der Waals surface area contributed by atoms with Crippen LogP contribution < -0.4 is 0 Å². The minimum Gasteiger partial charge on any atom is -0.478 e. The second-order valence-electron chi connectivity index (χ2n) is 1.39. The standard InChI is InChI=1S/C4H6ClNO/c1-3-6-4(5)2-7-3/h4H,2H2,1H3. The van der Waals surface area contributed by atoms with Gasteiger partial charge >= 0.3 is 0 Å². The molecule has 1 atom stereocenters. The fourth-order valence-electron chi connectivity index (χ4n) is 0.461. The number of aliphatic imine (C=N–C) groups is 1. The van der Waals surface area contributed by atoms with Gasteiger partial charge in [0.05, 0.1) is 0 Å². The molecule has 7 heavy (non-hydrogen) atoms. The first kappa shape index (κ1) is 4.91. The summed E-state index contributed by atoms with van der Waals surface area (Å²) >= 11 is 5.49. The smallest absolute Gasteiger partial charge is 0.181 e. The van der Waals surface area contributed by atoms with Gasteiger partial charge in [0.15, 0.2) is 11.4 Å². The highest BCUT2D eigenvalue weighted by molar-refractivity contribution is 6.21. The summed E-state index contributed by atoms with van der Waals surface area (Å²) in [5.41, 5.74) is -0.139. The predicted octanol–water partition coefficient (Wildman–Crippen LogP) is 1.000. The van der Waals surface area contributed by atoms with Gasteiger partial charge < -0.3 is 4.74 Å². The van der Waals surface area contributed by atoms with Crippen LogP contribution in [-0.4, -0.2) is 18.0 Å². The number of nitrogens with zero attached hydrogens (tertiary/aromatic N) is 1. The highest BCUT2D eigenvalue weighted by atomic mass is 35.5. The van der Waals surface area contributed by atoms with Crippen molar-refractivity contribution in [2.24, 2.45) is 4.99 Å². The fraction of sp³-hybridized carbons (Fsp3) is 0.750. The van der Waals surface area contributed by atoms with Crippen molar-refractivity contribution in [3.05, 3.63) is 0 Å². The van der Waals surface area contributed by atoms with Crippen LogP contribution in [-0.2, 0) is 4.74 Å². The van der Waals surface area contributed by atoms with E-state index in [9.17, 15) is 0 Å². The zero-order chi connectivity index (χ0) is 5.28. The molecule has 0 aromatic rings. The van der Waals surface area contributed by atoms with Gasteiger partial charge in [-0.05, 0) is 0 Å². The Labute approximate surface area is 47.1 Å². The molecule has 0 aromatic heterocycles. The maximum atomic E-state index is 5.49. The zero-order valence-electron chi connectivity index (χ0n) is 4.02. The molecular formula is C4H6ClNO. The molecule has 3 heteroatoms. The highest BCUT2D eigenvalue weighted by Gasteiger charge is 2.10. The lowest BCUT2D eigenvalue weighted by atomic mass is 10.7. The Bertz CT molecular complexity index is 102. The van der Waals surface area contributed by atoms with E-state index in [1.54, 1.807) is 6.92 Å². The molecule has 0 fully saturated rings. The molecule has 0 saturated heterocycles. The van der Waals surface area contributed by atoms with Crippen molar-refractivity contribution in [3.63, 3.8) is 0 Å². The maximum Gasteiger partial charge on any atom is 0.181 e. The Morgan fingerprint density at radius 3 is 2.86 bits per heavy atom. The molecule has 40 valence electrons. The molecule has 0 aliphatic carbocycles. The van der Waals surface area contributed by atoms with Gasteiger partial charge in [-0.3, -0.25) is 0 Å². The lowest BCUT2D eigenvalue weighted by Crippen LogP contribution is -1.94. The van der Waals surface area contributed by atoms with Gasteiger partial charge in [0.25, 0.3) is 0 Å². The summed E-state index contributed by atoms with van der Waals surface area (Å²) in [6, 6.07) is 0. The van der Waals surface area contributed by atoms with E-state index in [0.717, 1.165) is 0 Å².